The number of nitro benzene ring substituents is 1. The van der Waals surface area contributed by atoms with Crippen molar-refractivity contribution in [1.82, 2.24) is 9.97 Å². The first-order chi connectivity index (χ1) is 11.1. The lowest BCUT2D eigenvalue weighted by molar-refractivity contribution is -0.384. The number of rotatable bonds is 2. The lowest BCUT2D eigenvalue weighted by Crippen LogP contribution is -2.10. The summed E-state index contributed by atoms with van der Waals surface area (Å²) in [6.07, 6.45) is 1.51. The molecule has 0 amide bonds. The number of H-pyrrole nitrogens is 1. The van der Waals surface area contributed by atoms with Crippen LogP contribution < -0.4 is 0 Å². The van der Waals surface area contributed by atoms with Crippen LogP contribution in [0.2, 0.25) is 0 Å². The Morgan fingerprint density at radius 2 is 2.09 bits per heavy atom. The Kier molecular flexibility index (Phi) is 2.55. The number of pyridine rings is 1. The summed E-state index contributed by atoms with van der Waals surface area (Å²) >= 11 is 0. The number of carbonyl (C=O) groups excluding carboxylic acids is 1. The van der Waals surface area contributed by atoms with Gasteiger partial charge in [-0.3, -0.25) is 14.9 Å². The zero-order valence-electron chi connectivity index (χ0n) is 11.5. The highest BCUT2D eigenvalue weighted by molar-refractivity contribution is 6.56. The third kappa shape index (κ3) is 1.81. The molecular formula is C15H8N4O4. The monoisotopic (exact) mass is 308 g/mol. The molecule has 0 radical (unpaired) electrons. The number of nitrogens with zero attached hydrogens (tertiary/aromatic N) is 3. The van der Waals surface area contributed by atoms with Gasteiger partial charge in [-0.2, -0.15) is 0 Å². The molecule has 0 atom stereocenters. The predicted molar refractivity (Wildman–Crippen MR) is 81.4 cm³/mol. The Hall–Kier alpha value is -3.55. The van der Waals surface area contributed by atoms with E-state index >= 15 is 0 Å². The van der Waals surface area contributed by atoms with E-state index in [1.807, 2.05) is 0 Å². The molecule has 1 aromatic carbocycles. The maximum Gasteiger partial charge on any atom is 0.270 e. The van der Waals surface area contributed by atoms with Gasteiger partial charge < -0.3 is 10.1 Å². The van der Waals surface area contributed by atoms with Crippen LogP contribution in [-0.4, -0.2) is 31.5 Å². The van der Waals surface area contributed by atoms with Crippen LogP contribution in [0.5, 0.6) is 5.88 Å². The second kappa shape index (κ2) is 4.47. The van der Waals surface area contributed by atoms with E-state index in [4.69, 9.17) is 0 Å². The second-order valence-corrected chi connectivity index (χ2v) is 5.00. The van der Waals surface area contributed by atoms with Crippen LogP contribution in [0, 0.1) is 10.1 Å². The van der Waals surface area contributed by atoms with Gasteiger partial charge >= 0.3 is 0 Å². The van der Waals surface area contributed by atoms with Gasteiger partial charge in [0.1, 0.15) is 5.71 Å². The first-order valence-electron chi connectivity index (χ1n) is 6.64. The van der Waals surface area contributed by atoms with Crippen molar-refractivity contribution in [2.75, 3.05) is 0 Å². The van der Waals surface area contributed by atoms with Gasteiger partial charge in [-0.1, -0.05) is 0 Å². The normalized spacial score (nSPS) is 13.2. The number of benzene rings is 1. The largest absolute Gasteiger partial charge is 0.494 e. The van der Waals surface area contributed by atoms with Gasteiger partial charge in [0.15, 0.2) is 11.7 Å². The van der Waals surface area contributed by atoms with E-state index in [0.717, 1.165) is 0 Å². The molecule has 8 nitrogen and oxygen atoms in total. The number of nitro groups is 1. The minimum absolute atomic E-state index is 0.0166. The zero-order chi connectivity index (χ0) is 16.1. The SMILES string of the molecule is O=C1C(c2c(O)[nH]c3ccc([N+](=O)[O-])cc23)=Nc2ncccc21. The minimum Gasteiger partial charge on any atom is -0.494 e. The van der Waals surface area contributed by atoms with Crippen molar-refractivity contribution in [1.29, 1.82) is 0 Å². The molecule has 8 heteroatoms. The van der Waals surface area contributed by atoms with Gasteiger partial charge in [0, 0.05) is 29.2 Å². The number of hydrogen-bond donors (Lipinski definition) is 2. The highest BCUT2D eigenvalue weighted by atomic mass is 16.6. The lowest BCUT2D eigenvalue weighted by atomic mass is 10.0. The number of hydrogen-bond acceptors (Lipinski definition) is 6. The molecule has 112 valence electrons. The van der Waals surface area contributed by atoms with Crippen LogP contribution in [-0.2, 0) is 0 Å². The van der Waals surface area contributed by atoms with Crippen molar-refractivity contribution in [2.45, 2.75) is 0 Å². The molecular weight excluding hydrogens is 300 g/mol. The van der Waals surface area contributed by atoms with E-state index in [1.54, 1.807) is 12.1 Å². The smallest absolute Gasteiger partial charge is 0.270 e. The minimum atomic E-state index is -0.540. The van der Waals surface area contributed by atoms with Gasteiger partial charge in [-0.25, -0.2) is 9.98 Å². The number of non-ortho nitro benzene ring substituents is 1. The van der Waals surface area contributed by atoms with E-state index in [2.05, 4.69) is 15.0 Å². The Balaban J connectivity index is 1.97. The number of aromatic hydroxyl groups is 1. The quantitative estimate of drug-likeness (QED) is 0.556. The van der Waals surface area contributed by atoms with Crippen molar-refractivity contribution >= 4 is 33.9 Å². The zero-order valence-corrected chi connectivity index (χ0v) is 11.5. The maximum absolute atomic E-state index is 12.5. The maximum atomic E-state index is 12.5. The van der Waals surface area contributed by atoms with E-state index in [1.165, 1.54) is 24.4 Å². The molecule has 4 rings (SSSR count). The molecule has 0 fully saturated rings. The van der Waals surface area contributed by atoms with Gasteiger partial charge in [0.25, 0.3) is 5.69 Å². The number of nitrogens with one attached hydrogen (secondary N) is 1. The standard InChI is InChI=1S/C15H8N4O4/c20-13-8-2-1-5-16-14(8)18-12(13)11-9-6-7(19(22)23)3-4-10(9)17-15(11)21/h1-6,17,21H. The van der Waals surface area contributed by atoms with E-state index in [-0.39, 0.29) is 34.4 Å². The summed E-state index contributed by atoms with van der Waals surface area (Å²) in [5.74, 6) is -0.372. The lowest BCUT2D eigenvalue weighted by Gasteiger charge is -1.99. The molecule has 0 unspecified atom stereocenters. The van der Waals surface area contributed by atoms with Crippen molar-refractivity contribution in [3.8, 4) is 5.88 Å². The average Bonchev–Trinajstić information content (AvgIpc) is 3.03. The van der Waals surface area contributed by atoms with Crippen LogP contribution in [0.3, 0.4) is 0 Å². The molecule has 3 aromatic rings. The fraction of sp³-hybridized carbons (Fsp3) is 0. The van der Waals surface area contributed by atoms with Crippen LogP contribution in [0.4, 0.5) is 11.5 Å². The third-order valence-corrected chi connectivity index (χ3v) is 3.67. The first-order valence-corrected chi connectivity index (χ1v) is 6.64. The van der Waals surface area contributed by atoms with Crippen molar-refractivity contribution in [3.63, 3.8) is 0 Å². The second-order valence-electron chi connectivity index (χ2n) is 5.00. The third-order valence-electron chi connectivity index (χ3n) is 3.67. The average molecular weight is 308 g/mol. The molecule has 0 spiro atoms. The summed E-state index contributed by atoms with van der Waals surface area (Å²) in [6, 6.07) is 7.30. The number of fused-ring (bicyclic) bond motifs is 2. The number of aromatic amines is 1. The predicted octanol–water partition coefficient (Wildman–Crippen LogP) is 2.49. The molecule has 1 aliphatic rings. The summed E-state index contributed by atoms with van der Waals surface area (Å²) < 4.78 is 0. The Labute approximate surface area is 128 Å². The van der Waals surface area contributed by atoms with Gasteiger partial charge in [0.2, 0.25) is 5.78 Å². The number of aromatic nitrogens is 2. The molecule has 23 heavy (non-hydrogen) atoms. The summed E-state index contributed by atoms with van der Waals surface area (Å²) in [4.78, 5) is 33.8. The van der Waals surface area contributed by atoms with E-state index < -0.39 is 4.92 Å². The molecule has 1 aliphatic heterocycles. The molecule has 2 N–H and O–H groups in total. The molecule has 0 saturated carbocycles. The number of Topliss-reactive ketones (excluding diaryl/α,β-unsaturated/α-hetero) is 1. The molecule has 2 aromatic heterocycles. The summed E-state index contributed by atoms with van der Waals surface area (Å²) in [6.45, 7) is 0. The Morgan fingerprint density at radius 3 is 2.83 bits per heavy atom. The Bertz CT molecular complexity index is 1040. The number of carbonyl (C=O) groups is 1. The van der Waals surface area contributed by atoms with Gasteiger partial charge in [-0.15, -0.1) is 0 Å². The molecule has 0 bridgehead atoms. The van der Waals surface area contributed by atoms with Crippen molar-refractivity contribution < 1.29 is 14.8 Å². The molecule has 3 heterocycles. The van der Waals surface area contributed by atoms with Crippen molar-refractivity contribution in [2.24, 2.45) is 4.99 Å². The van der Waals surface area contributed by atoms with Gasteiger partial charge in [-0.05, 0) is 18.2 Å². The van der Waals surface area contributed by atoms with Crippen LogP contribution >= 0.6 is 0 Å². The highest BCUT2D eigenvalue weighted by Crippen LogP contribution is 2.35. The fourth-order valence-corrected chi connectivity index (χ4v) is 2.64. The van der Waals surface area contributed by atoms with Crippen molar-refractivity contribution in [3.05, 3.63) is 57.8 Å². The summed E-state index contributed by atoms with van der Waals surface area (Å²) in [5, 5.41) is 21.5. The van der Waals surface area contributed by atoms with Crippen LogP contribution in [0.15, 0.2) is 41.5 Å². The van der Waals surface area contributed by atoms with E-state index in [9.17, 15) is 20.0 Å². The molecule has 0 saturated heterocycles. The van der Waals surface area contributed by atoms with E-state index in [0.29, 0.717) is 16.5 Å². The summed E-state index contributed by atoms with van der Waals surface area (Å²) in [5.41, 5.74) is 0.832. The topological polar surface area (TPSA) is 121 Å². The molecule has 0 aliphatic carbocycles. The fourth-order valence-electron chi connectivity index (χ4n) is 2.64. The van der Waals surface area contributed by atoms with Gasteiger partial charge in [0.05, 0.1) is 16.1 Å². The number of aliphatic imine (C=N–C) groups is 1. The Morgan fingerprint density at radius 1 is 1.26 bits per heavy atom. The highest BCUT2D eigenvalue weighted by Gasteiger charge is 2.31. The number of ketones is 1. The first kappa shape index (κ1) is 13.1. The van der Waals surface area contributed by atoms with Crippen LogP contribution in [0.25, 0.3) is 10.9 Å². The van der Waals surface area contributed by atoms with Crippen LogP contribution in [0.1, 0.15) is 15.9 Å². The summed E-state index contributed by atoms with van der Waals surface area (Å²) in [7, 11) is 0.